The van der Waals surface area contributed by atoms with Crippen LogP contribution in [0.5, 0.6) is 0 Å². The van der Waals surface area contributed by atoms with Crippen LogP contribution in [0.1, 0.15) is 46.1 Å². The van der Waals surface area contributed by atoms with Crippen LogP contribution in [0.2, 0.25) is 0 Å². The highest BCUT2D eigenvalue weighted by molar-refractivity contribution is 6.24. The summed E-state index contributed by atoms with van der Waals surface area (Å²) < 4.78 is 2.48. The van der Waals surface area contributed by atoms with Gasteiger partial charge in [0.15, 0.2) is 0 Å². The van der Waals surface area contributed by atoms with Gasteiger partial charge in [-0.1, -0.05) is 64.4 Å². The number of rotatable bonds is 4. The molecule has 0 spiro atoms. The maximum atomic E-state index is 2.53. The Balaban J connectivity index is 1.48. The van der Waals surface area contributed by atoms with Gasteiger partial charge in [-0.3, -0.25) is 0 Å². The van der Waals surface area contributed by atoms with E-state index in [0.29, 0.717) is 0 Å². The van der Waals surface area contributed by atoms with Crippen molar-refractivity contribution in [3.63, 3.8) is 0 Å². The molecule has 0 fully saturated rings. The van der Waals surface area contributed by atoms with Crippen molar-refractivity contribution in [1.82, 2.24) is 4.40 Å². The molecule has 36 heavy (non-hydrogen) atoms. The van der Waals surface area contributed by atoms with Gasteiger partial charge in [-0.05, 0) is 65.9 Å². The zero-order valence-electron chi connectivity index (χ0n) is 21.7. The van der Waals surface area contributed by atoms with E-state index in [2.05, 4.69) is 121 Å². The third-order valence-electron chi connectivity index (χ3n) is 8.06. The van der Waals surface area contributed by atoms with Crippen molar-refractivity contribution in [1.29, 1.82) is 0 Å². The highest BCUT2D eigenvalue weighted by Crippen LogP contribution is 2.45. The maximum absolute atomic E-state index is 2.53. The average Bonchev–Trinajstić information content (AvgIpc) is 3.53. The molecule has 0 saturated carbocycles. The molecule has 1 aliphatic rings. The number of fused-ring (bicyclic) bond motifs is 7. The number of hydrogen-bond acceptors (Lipinski definition) is 2. The number of anilines is 3. The van der Waals surface area contributed by atoms with E-state index in [1.54, 1.807) is 0 Å². The van der Waals surface area contributed by atoms with Crippen LogP contribution in [0.3, 0.4) is 0 Å². The molecule has 180 valence electrons. The van der Waals surface area contributed by atoms with Gasteiger partial charge in [0.1, 0.15) is 0 Å². The molecule has 0 amide bonds. The zero-order valence-corrected chi connectivity index (χ0v) is 21.7. The van der Waals surface area contributed by atoms with E-state index in [-0.39, 0.29) is 5.41 Å². The van der Waals surface area contributed by atoms with Gasteiger partial charge in [-0.15, -0.1) is 0 Å². The van der Waals surface area contributed by atoms with Gasteiger partial charge in [0.05, 0.1) is 34.6 Å². The minimum Gasteiger partial charge on any atom is -0.352 e. The van der Waals surface area contributed by atoms with E-state index in [9.17, 15) is 0 Å². The lowest BCUT2D eigenvalue weighted by atomic mass is 9.85. The first-order valence-corrected chi connectivity index (χ1v) is 13.3. The van der Waals surface area contributed by atoms with Crippen molar-refractivity contribution in [2.24, 2.45) is 0 Å². The highest BCUT2D eigenvalue weighted by Gasteiger charge is 2.27. The molecule has 7 rings (SSSR count). The molecule has 0 radical (unpaired) electrons. The first-order chi connectivity index (χ1) is 17.5. The summed E-state index contributed by atoms with van der Waals surface area (Å²) in [6.45, 7) is 11.2. The van der Waals surface area contributed by atoms with Crippen LogP contribution < -0.4 is 9.80 Å². The maximum Gasteiger partial charge on any atom is 0.0953 e. The summed E-state index contributed by atoms with van der Waals surface area (Å²) in [7, 11) is 0. The first kappa shape index (κ1) is 21.6. The Kier molecular flexibility index (Phi) is 4.57. The van der Waals surface area contributed by atoms with Gasteiger partial charge in [0.2, 0.25) is 0 Å². The van der Waals surface area contributed by atoms with Gasteiger partial charge >= 0.3 is 0 Å². The summed E-state index contributed by atoms with van der Waals surface area (Å²) in [4.78, 5) is 5.02. The molecule has 3 heterocycles. The van der Waals surface area contributed by atoms with Crippen molar-refractivity contribution in [3.05, 3.63) is 84.4 Å². The second-order valence-corrected chi connectivity index (χ2v) is 11.4. The molecule has 3 heteroatoms. The Morgan fingerprint density at radius 1 is 0.722 bits per heavy atom. The molecule has 0 bridgehead atoms. The fraction of sp³-hybridized carbons (Fsp3) is 0.273. The Morgan fingerprint density at radius 2 is 1.42 bits per heavy atom. The third kappa shape index (κ3) is 2.98. The topological polar surface area (TPSA) is 10.9 Å². The Hall–Kier alpha value is -3.72. The van der Waals surface area contributed by atoms with Crippen LogP contribution in [-0.4, -0.2) is 17.6 Å². The quantitative estimate of drug-likeness (QED) is 0.254. The molecular formula is C33H33N3. The van der Waals surface area contributed by atoms with Crippen molar-refractivity contribution in [2.45, 2.75) is 46.0 Å². The largest absolute Gasteiger partial charge is 0.352 e. The smallest absolute Gasteiger partial charge is 0.0953 e. The van der Waals surface area contributed by atoms with E-state index in [1.807, 2.05) is 0 Å². The van der Waals surface area contributed by atoms with Crippen molar-refractivity contribution in [2.75, 3.05) is 23.0 Å². The second-order valence-electron chi connectivity index (χ2n) is 11.4. The van der Waals surface area contributed by atoms with Crippen molar-refractivity contribution >= 4 is 55.2 Å². The summed E-state index contributed by atoms with van der Waals surface area (Å²) in [6, 6.07) is 29.7. The zero-order chi connectivity index (χ0) is 24.6. The summed E-state index contributed by atoms with van der Waals surface area (Å²) in [5.74, 6) is 0. The molecule has 1 aliphatic heterocycles. The average molecular weight is 472 g/mol. The Bertz CT molecular complexity index is 1750. The third-order valence-corrected chi connectivity index (χ3v) is 8.06. The molecule has 2 aromatic heterocycles. The van der Waals surface area contributed by atoms with E-state index in [4.69, 9.17) is 0 Å². The number of aromatic nitrogens is 1. The Labute approximate surface area is 212 Å². The van der Waals surface area contributed by atoms with Crippen LogP contribution >= 0.6 is 0 Å². The molecular weight excluding hydrogens is 438 g/mol. The normalized spacial score (nSPS) is 14.2. The van der Waals surface area contributed by atoms with E-state index in [1.165, 1.54) is 73.6 Å². The summed E-state index contributed by atoms with van der Waals surface area (Å²) in [6.07, 6.45) is 2.43. The van der Waals surface area contributed by atoms with E-state index in [0.717, 1.165) is 13.2 Å². The lowest BCUT2D eigenvalue weighted by Crippen LogP contribution is -2.28. The fourth-order valence-corrected chi connectivity index (χ4v) is 6.13. The fourth-order valence-electron chi connectivity index (χ4n) is 6.13. The standard InChI is InChI=1S/C33H33N3/c1-5-6-17-34-21-35(31-14-10-9-13-30(31)34)23-15-16-29-25(20-23)27-19-22(33(2,3)4)18-26-24-11-7-8-12-28(24)36(29)32(26)27/h7-16,18-20H,5-6,17,21H2,1-4H3. The number of unbranched alkanes of at least 4 members (excludes halogenated alkanes) is 1. The van der Waals surface area contributed by atoms with Crippen molar-refractivity contribution < 1.29 is 0 Å². The van der Waals surface area contributed by atoms with Gasteiger partial charge in [-0.25, -0.2) is 0 Å². The molecule has 0 atom stereocenters. The first-order valence-electron chi connectivity index (χ1n) is 13.3. The van der Waals surface area contributed by atoms with Crippen LogP contribution in [0.25, 0.3) is 38.1 Å². The number of benzene rings is 4. The Morgan fingerprint density at radius 3 is 2.19 bits per heavy atom. The monoisotopic (exact) mass is 471 g/mol. The molecule has 4 aromatic carbocycles. The SMILES string of the molecule is CCCCN1CN(c2ccc3c(c2)c2cc(C(C)(C)C)cc4c5ccccc5n3c42)c2ccccc21. The van der Waals surface area contributed by atoms with Gasteiger partial charge in [-0.2, -0.15) is 0 Å². The van der Waals surface area contributed by atoms with Crippen LogP contribution in [0.4, 0.5) is 17.1 Å². The van der Waals surface area contributed by atoms with Gasteiger partial charge < -0.3 is 14.2 Å². The minimum atomic E-state index is 0.0852. The number of hydrogen-bond donors (Lipinski definition) is 0. The van der Waals surface area contributed by atoms with Crippen LogP contribution in [0, 0.1) is 0 Å². The lowest BCUT2D eigenvalue weighted by Gasteiger charge is -2.22. The summed E-state index contributed by atoms with van der Waals surface area (Å²) in [5, 5.41) is 5.41. The molecule has 0 aliphatic carbocycles. The molecule has 0 unspecified atom stereocenters. The molecule has 0 saturated heterocycles. The molecule has 3 nitrogen and oxygen atoms in total. The molecule has 6 aromatic rings. The van der Waals surface area contributed by atoms with Crippen molar-refractivity contribution in [3.8, 4) is 0 Å². The molecule has 0 N–H and O–H groups in total. The van der Waals surface area contributed by atoms with Gasteiger partial charge in [0.25, 0.3) is 0 Å². The lowest BCUT2D eigenvalue weighted by molar-refractivity contribution is 0.592. The number of para-hydroxylation sites is 3. The second kappa shape index (κ2) is 7.64. The number of nitrogens with zero attached hydrogens (tertiary/aromatic N) is 3. The predicted molar refractivity (Wildman–Crippen MR) is 156 cm³/mol. The summed E-state index contributed by atoms with van der Waals surface area (Å²) >= 11 is 0. The summed E-state index contributed by atoms with van der Waals surface area (Å²) in [5.41, 5.74) is 9.34. The van der Waals surface area contributed by atoms with E-state index >= 15 is 0 Å². The highest BCUT2D eigenvalue weighted by atomic mass is 15.4. The van der Waals surface area contributed by atoms with Gasteiger partial charge in [0, 0.05) is 33.8 Å². The van der Waals surface area contributed by atoms with E-state index < -0.39 is 0 Å². The predicted octanol–water partition coefficient (Wildman–Crippen LogP) is 8.85. The van der Waals surface area contributed by atoms with Crippen LogP contribution in [0.15, 0.2) is 78.9 Å². The minimum absolute atomic E-state index is 0.0852. The van der Waals surface area contributed by atoms with Crippen LogP contribution in [-0.2, 0) is 5.41 Å².